The quantitative estimate of drug-likeness (QED) is 0.881. The van der Waals surface area contributed by atoms with Crippen LogP contribution >= 0.6 is 0 Å². The highest BCUT2D eigenvalue weighted by molar-refractivity contribution is 5.76. The van der Waals surface area contributed by atoms with Crippen molar-refractivity contribution in [2.75, 3.05) is 0 Å². The van der Waals surface area contributed by atoms with Gasteiger partial charge in [0.15, 0.2) is 0 Å². The molecule has 2 rings (SSSR count). The van der Waals surface area contributed by atoms with Crippen LogP contribution in [0.25, 0.3) is 11.4 Å². The van der Waals surface area contributed by atoms with Crippen LogP contribution in [0.4, 0.5) is 0 Å². The molecular formula is C15H20N4O2. The minimum Gasteiger partial charge on any atom is -0.353 e. The first-order chi connectivity index (χ1) is 10.1. The van der Waals surface area contributed by atoms with Gasteiger partial charge in [-0.05, 0) is 25.0 Å². The van der Waals surface area contributed by atoms with Crippen molar-refractivity contribution >= 4 is 5.91 Å². The number of hydrogen-bond donors (Lipinski definition) is 1. The van der Waals surface area contributed by atoms with Crippen molar-refractivity contribution in [3.63, 3.8) is 0 Å². The van der Waals surface area contributed by atoms with Crippen molar-refractivity contribution in [3.8, 4) is 11.4 Å². The van der Waals surface area contributed by atoms with Gasteiger partial charge in [0, 0.05) is 36.8 Å². The summed E-state index contributed by atoms with van der Waals surface area (Å²) in [6, 6.07) is 3.78. The van der Waals surface area contributed by atoms with Gasteiger partial charge in [0.2, 0.25) is 17.6 Å². The molecule has 0 aromatic carbocycles. The van der Waals surface area contributed by atoms with Crippen LogP contribution in [0.1, 0.15) is 33.1 Å². The Bertz CT molecular complexity index is 580. The third kappa shape index (κ3) is 4.37. The average Bonchev–Trinajstić information content (AvgIpc) is 2.95. The molecule has 0 aliphatic heterocycles. The van der Waals surface area contributed by atoms with Crippen molar-refractivity contribution in [2.45, 2.75) is 39.7 Å². The van der Waals surface area contributed by atoms with Crippen LogP contribution < -0.4 is 5.32 Å². The third-order valence-corrected chi connectivity index (χ3v) is 3.36. The van der Waals surface area contributed by atoms with Crippen molar-refractivity contribution in [1.82, 2.24) is 20.4 Å². The van der Waals surface area contributed by atoms with Gasteiger partial charge in [-0.15, -0.1) is 0 Å². The number of carbonyl (C=O) groups excluding carboxylic acids is 1. The molecule has 0 spiro atoms. The summed E-state index contributed by atoms with van der Waals surface area (Å²) < 4.78 is 5.16. The Kier molecular flexibility index (Phi) is 5.03. The van der Waals surface area contributed by atoms with Crippen LogP contribution in [0, 0.1) is 5.92 Å². The van der Waals surface area contributed by atoms with E-state index < -0.39 is 0 Å². The Labute approximate surface area is 124 Å². The van der Waals surface area contributed by atoms with Crippen molar-refractivity contribution in [1.29, 1.82) is 0 Å². The zero-order valence-corrected chi connectivity index (χ0v) is 12.5. The molecule has 2 aromatic rings. The van der Waals surface area contributed by atoms with Crippen molar-refractivity contribution in [2.24, 2.45) is 5.92 Å². The van der Waals surface area contributed by atoms with Gasteiger partial charge in [0.05, 0.1) is 0 Å². The number of aromatic nitrogens is 3. The summed E-state index contributed by atoms with van der Waals surface area (Å²) in [6.45, 7) is 6.14. The Morgan fingerprint density at radius 2 is 2.00 bits per heavy atom. The second kappa shape index (κ2) is 6.97. The zero-order valence-electron chi connectivity index (χ0n) is 12.5. The number of rotatable bonds is 6. The third-order valence-electron chi connectivity index (χ3n) is 3.36. The van der Waals surface area contributed by atoms with Gasteiger partial charge >= 0.3 is 0 Å². The first-order valence-electron chi connectivity index (χ1n) is 7.08. The summed E-state index contributed by atoms with van der Waals surface area (Å²) in [5.74, 6) is 1.40. The molecule has 0 bridgehead atoms. The number of hydrogen-bond acceptors (Lipinski definition) is 5. The zero-order chi connectivity index (χ0) is 15.2. The Hall–Kier alpha value is -2.24. The molecule has 112 valence electrons. The van der Waals surface area contributed by atoms with Crippen LogP contribution in [0.15, 0.2) is 29.0 Å². The van der Waals surface area contributed by atoms with Gasteiger partial charge in [-0.2, -0.15) is 4.98 Å². The van der Waals surface area contributed by atoms with Crippen molar-refractivity contribution < 1.29 is 9.32 Å². The summed E-state index contributed by atoms with van der Waals surface area (Å²) in [7, 11) is 0. The highest BCUT2D eigenvalue weighted by Crippen LogP contribution is 2.14. The molecule has 1 atom stereocenters. The standard InChI is InChI=1S/C15H20N4O2/c1-10(2)11(3)17-13(20)4-5-14-18-15(19-21-14)12-6-8-16-9-7-12/h6-11H,4-5H2,1-3H3,(H,17,20). The summed E-state index contributed by atoms with van der Waals surface area (Å²) in [4.78, 5) is 20.0. The Balaban J connectivity index is 1.87. The lowest BCUT2D eigenvalue weighted by Gasteiger charge is -2.16. The van der Waals surface area contributed by atoms with E-state index in [-0.39, 0.29) is 11.9 Å². The lowest BCUT2D eigenvalue weighted by atomic mass is 10.1. The summed E-state index contributed by atoms with van der Waals surface area (Å²) in [5, 5.41) is 6.86. The number of carbonyl (C=O) groups is 1. The number of pyridine rings is 1. The topological polar surface area (TPSA) is 80.9 Å². The van der Waals surface area contributed by atoms with Crippen LogP contribution in [-0.2, 0) is 11.2 Å². The van der Waals surface area contributed by atoms with Crippen LogP contribution in [-0.4, -0.2) is 27.1 Å². The fraction of sp³-hybridized carbons (Fsp3) is 0.467. The Morgan fingerprint density at radius 1 is 1.29 bits per heavy atom. The molecule has 0 fully saturated rings. The second-order valence-electron chi connectivity index (χ2n) is 5.35. The molecule has 0 radical (unpaired) electrons. The predicted octanol–water partition coefficient (Wildman–Crippen LogP) is 2.22. The maximum atomic E-state index is 11.8. The molecule has 0 aliphatic carbocycles. The summed E-state index contributed by atoms with van der Waals surface area (Å²) in [5.41, 5.74) is 0.845. The van der Waals surface area contributed by atoms with Gasteiger partial charge in [-0.3, -0.25) is 9.78 Å². The van der Waals surface area contributed by atoms with Crippen LogP contribution in [0.5, 0.6) is 0 Å². The van der Waals surface area contributed by atoms with Gasteiger partial charge in [-0.1, -0.05) is 19.0 Å². The van der Waals surface area contributed by atoms with E-state index in [4.69, 9.17) is 4.52 Å². The number of nitrogens with one attached hydrogen (secondary N) is 1. The molecule has 1 unspecified atom stereocenters. The predicted molar refractivity (Wildman–Crippen MR) is 78.3 cm³/mol. The minimum atomic E-state index is -0.000129. The second-order valence-corrected chi connectivity index (χ2v) is 5.35. The van der Waals surface area contributed by atoms with Crippen molar-refractivity contribution in [3.05, 3.63) is 30.4 Å². The van der Waals surface area contributed by atoms with E-state index in [9.17, 15) is 4.79 Å². The van der Waals surface area contributed by atoms with Crippen LogP contribution in [0.3, 0.4) is 0 Å². The van der Waals surface area contributed by atoms with Crippen LogP contribution in [0.2, 0.25) is 0 Å². The molecule has 6 nitrogen and oxygen atoms in total. The molecular weight excluding hydrogens is 268 g/mol. The molecule has 1 amide bonds. The molecule has 2 aromatic heterocycles. The van der Waals surface area contributed by atoms with Gasteiger partial charge in [-0.25, -0.2) is 0 Å². The van der Waals surface area contributed by atoms with Gasteiger partial charge in [0.25, 0.3) is 0 Å². The molecule has 1 N–H and O–H groups in total. The molecule has 21 heavy (non-hydrogen) atoms. The maximum Gasteiger partial charge on any atom is 0.227 e. The van der Waals surface area contributed by atoms with E-state index in [0.717, 1.165) is 5.56 Å². The van der Waals surface area contributed by atoms with E-state index >= 15 is 0 Å². The minimum absolute atomic E-state index is 0.000129. The largest absolute Gasteiger partial charge is 0.353 e. The fourth-order valence-electron chi connectivity index (χ4n) is 1.69. The first-order valence-corrected chi connectivity index (χ1v) is 7.08. The lowest BCUT2D eigenvalue weighted by molar-refractivity contribution is -0.122. The Morgan fingerprint density at radius 3 is 2.67 bits per heavy atom. The van der Waals surface area contributed by atoms with Gasteiger partial charge < -0.3 is 9.84 Å². The molecule has 0 aliphatic rings. The van der Waals surface area contributed by atoms with E-state index in [0.29, 0.717) is 30.5 Å². The monoisotopic (exact) mass is 288 g/mol. The highest BCUT2D eigenvalue weighted by Gasteiger charge is 2.13. The lowest BCUT2D eigenvalue weighted by Crippen LogP contribution is -2.36. The number of aryl methyl sites for hydroxylation is 1. The van der Waals surface area contributed by atoms with E-state index in [2.05, 4.69) is 34.3 Å². The van der Waals surface area contributed by atoms with E-state index in [1.165, 1.54) is 0 Å². The average molecular weight is 288 g/mol. The highest BCUT2D eigenvalue weighted by atomic mass is 16.5. The molecule has 0 saturated heterocycles. The number of nitrogens with zero attached hydrogens (tertiary/aromatic N) is 3. The normalized spacial score (nSPS) is 12.4. The van der Waals surface area contributed by atoms with Gasteiger partial charge in [0.1, 0.15) is 0 Å². The molecule has 6 heteroatoms. The molecule has 0 saturated carbocycles. The summed E-state index contributed by atoms with van der Waals surface area (Å²) in [6.07, 6.45) is 4.13. The van der Waals surface area contributed by atoms with E-state index in [1.807, 2.05) is 19.1 Å². The molecule has 2 heterocycles. The smallest absolute Gasteiger partial charge is 0.227 e. The van der Waals surface area contributed by atoms with E-state index in [1.54, 1.807) is 12.4 Å². The SMILES string of the molecule is CC(C)C(C)NC(=O)CCc1nc(-c2ccncc2)no1. The fourth-order valence-corrected chi connectivity index (χ4v) is 1.69. The maximum absolute atomic E-state index is 11.8. The summed E-state index contributed by atoms with van der Waals surface area (Å²) >= 11 is 0. The number of amides is 1. The first kappa shape index (κ1) is 15.2.